The monoisotopic (exact) mass is 288 g/mol. The van der Waals surface area contributed by atoms with Crippen LogP contribution in [0.3, 0.4) is 0 Å². The van der Waals surface area contributed by atoms with Gasteiger partial charge in [-0.05, 0) is 31.5 Å². The first kappa shape index (κ1) is 15.8. The van der Waals surface area contributed by atoms with Crippen molar-refractivity contribution in [3.8, 4) is 17.6 Å². The maximum Gasteiger partial charge on any atom is 0.134 e. The van der Waals surface area contributed by atoms with E-state index in [1.165, 1.54) is 5.56 Å². The van der Waals surface area contributed by atoms with E-state index < -0.39 is 0 Å². The van der Waals surface area contributed by atoms with E-state index in [9.17, 15) is 0 Å². The van der Waals surface area contributed by atoms with Gasteiger partial charge in [0, 0.05) is 18.6 Å². The van der Waals surface area contributed by atoms with Crippen LogP contribution < -0.4 is 10.5 Å². The first-order chi connectivity index (χ1) is 10.1. The Morgan fingerprint density at radius 1 is 1.43 bits per heavy atom. The normalized spacial score (nSPS) is 17.9. The van der Waals surface area contributed by atoms with Gasteiger partial charge in [-0.1, -0.05) is 17.9 Å². The smallest absolute Gasteiger partial charge is 0.134 e. The molecule has 0 aromatic heterocycles. The summed E-state index contributed by atoms with van der Waals surface area (Å²) in [6.45, 7) is 8.17. The first-order valence-corrected chi connectivity index (χ1v) is 7.25. The first-order valence-electron chi connectivity index (χ1n) is 7.25. The fourth-order valence-corrected chi connectivity index (χ4v) is 2.50. The summed E-state index contributed by atoms with van der Waals surface area (Å²) >= 11 is 0. The average molecular weight is 288 g/mol. The van der Waals surface area contributed by atoms with Crippen molar-refractivity contribution in [1.82, 2.24) is 4.90 Å². The number of methoxy groups -OCH3 is 1. The molecule has 2 N–H and O–H groups in total. The fourth-order valence-electron chi connectivity index (χ4n) is 2.50. The number of hydrogen-bond donors (Lipinski definition) is 1. The second kappa shape index (κ2) is 6.95. The van der Waals surface area contributed by atoms with Gasteiger partial charge in [-0.2, -0.15) is 0 Å². The summed E-state index contributed by atoms with van der Waals surface area (Å²) in [5.74, 6) is 6.76. The van der Waals surface area contributed by atoms with Crippen LogP contribution in [0.2, 0.25) is 0 Å². The number of rotatable bonds is 3. The third kappa shape index (κ3) is 3.98. The van der Waals surface area contributed by atoms with Gasteiger partial charge in [0.05, 0.1) is 32.4 Å². The van der Waals surface area contributed by atoms with Gasteiger partial charge in [0.25, 0.3) is 0 Å². The Labute approximate surface area is 127 Å². The molecule has 0 aliphatic carbocycles. The van der Waals surface area contributed by atoms with Gasteiger partial charge in [-0.25, -0.2) is 0 Å². The molecule has 0 amide bonds. The van der Waals surface area contributed by atoms with Crippen molar-refractivity contribution in [2.24, 2.45) is 5.73 Å². The van der Waals surface area contributed by atoms with E-state index in [2.05, 4.69) is 42.7 Å². The van der Waals surface area contributed by atoms with E-state index in [4.69, 9.17) is 15.2 Å². The molecule has 1 heterocycles. The van der Waals surface area contributed by atoms with Gasteiger partial charge in [0.1, 0.15) is 5.75 Å². The van der Waals surface area contributed by atoms with Crippen molar-refractivity contribution >= 4 is 0 Å². The number of ether oxygens (including phenoxy) is 2. The summed E-state index contributed by atoms with van der Waals surface area (Å²) in [5, 5.41) is 0. The zero-order valence-electron chi connectivity index (χ0n) is 13.1. The maximum atomic E-state index is 5.57. The van der Waals surface area contributed by atoms with Crippen molar-refractivity contribution in [2.75, 3.05) is 33.4 Å². The second-order valence-corrected chi connectivity index (χ2v) is 5.83. The highest BCUT2D eigenvalue weighted by molar-refractivity contribution is 5.48. The van der Waals surface area contributed by atoms with E-state index in [0.717, 1.165) is 37.6 Å². The lowest BCUT2D eigenvalue weighted by molar-refractivity contribution is -0.0552. The van der Waals surface area contributed by atoms with Crippen molar-refractivity contribution < 1.29 is 9.47 Å². The Hall–Kier alpha value is -1.54. The molecule has 4 nitrogen and oxygen atoms in total. The Balaban J connectivity index is 2.20. The predicted molar refractivity (Wildman–Crippen MR) is 84.2 cm³/mol. The minimum absolute atomic E-state index is 0.0568. The Morgan fingerprint density at radius 3 is 2.90 bits per heavy atom. The molecule has 0 atom stereocenters. The molecule has 1 fully saturated rings. The highest BCUT2D eigenvalue weighted by Crippen LogP contribution is 2.24. The molecule has 114 valence electrons. The number of benzene rings is 1. The standard InChI is InChI=1S/C17H24N2O2/c1-17(2)13-21-10-9-19(17)12-14-6-7-16(20-3)15(11-14)5-4-8-18/h6-7,11H,8-10,12-13,18H2,1-3H3. The lowest BCUT2D eigenvalue weighted by atomic mass is 10.0. The van der Waals surface area contributed by atoms with Crippen LogP contribution in [0.25, 0.3) is 0 Å². The predicted octanol–water partition coefficient (Wildman–Crippen LogP) is 1.62. The number of hydrogen-bond acceptors (Lipinski definition) is 4. The molecule has 0 unspecified atom stereocenters. The quantitative estimate of drug-likeness (QED) is 0.859. The SMILES string of the molecule is COc1ccc(CN2CCOCC2(C)C)cc1C#CCN. The number of nitrogens with two attached hydrogens (primary N) is 1. The molecular weight excluding hydrogens is 264 g/mol. The Kier molecular flexibility index (Phi) is 5.24. The van der Waals surface area contributed by atoms with E-state index in [1.807, 2.05) is 6.07 Å². The van der Waals surface area contributed by atoms with Crippen molar-refractivity contribution in [3.05, 3.63) is 29.3 Å². The molecule has 21 heavy (non-hydrogen) atoms. The highest BCUT2D eigenvalue weighted by Gasteiger charge is 2.30. The van der Waals surface area contributed by atoms with Crippen molar-refractivity contribution in [3.63, 3.8) is 0 Å². The molecule has 1 aromatic rings. The van der Waals surface area contributed by atoms with E-state index in [-0.39, 0.29) is 5.54 Å². The Morgan fingerprint density at radius 2 is 2.24 bits per heavy atom. The van der Waals surface area contributed by atoms with Crippen LogP contribution in [0.1, 0.15) is 25.0 Å². The summed E-state index contributed by atoms with van der Waals surface area (Å²) in [6, 6.07) is 6.16. The molecule has 2 rings (SSSR count). The van der Waals surface area contributed by atoms with Crippen LogP contribution in [-0.4, -0.2) is 43.9 Å². The molecule has 0 saturated carbocycles. The maximum absolute atomic E-state index is 5.57. The molecule has 4 heteroatoms. The number of nitrogens with zero attached hydrogens (tertiary/aromatic N) is 1. The van der Waals surface area contributed by atoms with Crippen LogP contribution in [-0.2, 0) is 11.3 Å². The third-order valence-electron chi connectivity index (χ3n) is 3.78. The second-order valence-electron chi connectivity index (χ2n) is 5.83. The molecule has 1 aromatic carbocycles. The molecule has 1 aliphatic rings. The summed E-state index contributed by atoms with van der Waals surface area (Å²) in [4.78, 5) is 2.44. The molecule has 0 spiro atoms. The summed E-state index contributed by atoms with van der Waals surface area (Å²) < 4.78 is 10.9. The van der Waals surface area contributed by atoms with Crippen LogP contribution >= 0.6 is 0 Å². The van der Waals surface area contributed by atoms with Crippen LogP contribution in [0.4, 0.5) is 0 Å². The largest absolute Gasteiger partial charge is 0.495 e. The van der Waals surface area contributed by atoms with Crippen LogP contribution in [0, 0.1) is 11.8 Å². The van der Waals surface area contributed by atoms with Gasteiger partial charge in [0.15, 0.2) is 0 Å². The minimum Gasteiger partial charge on any atom is -0.495 e. The van der Waals surface area contributed by atoms with Crippen molar-refractivity contribution in [2.45, 2.75) is 25.9 Å². The van der Waals surface area contributed by atoms with Crippen LogP contribution in [0.15, 0.2) is 18.2 Å². The van der Waals surface area contributed by atoms with Crippen molar-refractivity contribution in [1.29, 1.82) is 0 Å². The minimum atomic E-state index is 0.0568. The van der Waals surface area contributed by atoms with E-state index in [0.29, 0.717) is 6.54 Å². The number of morpholine rings is 1. The van der Waals surface area contributed by atoms with Gasteiger partial charge in [0.2, 0.25) is 0 Å². The van der Waals surface area contributed by atoms with Gasteiger partial charge in [-0.15, -0.1) is 0 Å². The molecule has 0 radical (unpaired) electrons. The summed E-state index contributed by atoms with van der Waals surface area (Å²) in [5.41, 5.74) is 7.63. The summed E-state index contributed by atoms with van der Waals surface area (Å²) in [6.07, 6.45) is 0. The summed E-state index contributed by atoms with van der Waals surface area (Å²) in [7, 11) is 1.66. The average Bonchev–Trinajstić information content (AvgIpc) is 2.47. The zero-order chi connectivity index (χ0) is 15.3. The third-order valence-corrected chi connectivity index (χ3v) is 3.78. The zero-order valence-corrected chi connectivity index (χ0v) is 13.1. The topological polar surface area (TPSA) is 47.7 Å². The lowest BCUT2D eigenvalue weighted by Crippen LogP contribution is -2.52. The Bertz CT molecular complexity index is 543. The molecule has 0 bridgehead atoms. The highest BCUT2D eigenvalue weighted by atomic mass is 16.5. The van der Waals surface area contributed by atoms with Gasteiger partial charge in [-0.3, -0.25) is 4.90 Å². The fraction of sp³-hybridized carbons (Fsp3) is 0.529. The van der Waals surface area contributed by atoms with E-state index in [1.54, 1.807) is 7.11 Å². The van der Waals surface area contributed by atoms with Gasteiger partial charge < -0.3 is 15.2 Å². The van der Waals surface area contributed by atoms with E-state index >= 15 is 0 Å². The molecular formula is C17H24N2O2. The lowest BCUT2D eigenvalue weighted by Gasteiger charge is -2.42. The van der Waals surface area contributed by atoms with Crippen LogP contribution in [0.5, 0.6) is 5.75 Å². The van der Waals surface area contributed by atoms with Gasteiger partial charge >= 0.3 is 0 Å². The molecule has 1 aliphatic heterocycles. The molecule has 1 saturated heterocycles.